The lowest BCUT2D eigenvalue weighted by atomic mass is 9.95. The van der Waals surface area contributed by atoms with Gasteiger partial charge in [-0.25, -0.2) is 0 Å². The smallest absolute Gasteiger partial charge is 0.0440 e. The maximum atomic E-state index is 3.82. The molecule has 0 spiro atoms. The highest BCUT2D eigenvalue weighted by molar-refractivity contribution is 8.00. The van der Waals surface area contributed by atoms with Gasteiger partial charge in [0.1, 0.15) is 0 Å². The molecule has 1 nitrogen and oxygen atoms in total. The largest absolute Gasteiger partial charge is 0.309 e. The van der Waals surface area contributed by atoms with Crippen LogP contribution < -0.4 is 5.32 Å². The zero-order valence-corrected chi connectivity index (χ0v) is 14.7. The third-order valence-corrected chi connectivity index (χ3v) is 5.62. The third kappa shape index (κ3) is 5.34. The zero-order valence-electron chi connectivity index (χ0n) is 13.9. The minimum atomic E-state index is 0.530. The standard InChI is InChI=1S/C19H31NS/c1-4-11-20-19(18-10-5-6-12-21-18)17-9-7-8-16(14-17)13-15(2)3/h7-9,14-15,18-20H,4-6,10-13H2,1-3H3. The monoisotopic (exact) mass is 305 g/mol. The number of benzene rings is 1. The molecule has 0 radical (unpaired) electrons. The van der Waals surface area contributed by atoms with E-state index in [1.807, 2.05) is 0 Å². The van der Waals surface area contributed by atoms with Crippen molar-refractivity contribution in [2.24, 2.45) is 5.92 Å². The van der Waals surface area contributed by atoms with Crippen LogP contribution in [0.3, 0.4) is 0 Å². The summed E-state index contributed by atoms with van der Waals surface area (Å²) in [5.74, 6) is 2.06. The molecule has 0 aliphatic carbocycles. The Morgan fingerprint density at radius 3 is 2.81 bits per heavy atom. The van der Waals surface area contributed by atoms with Crippen molar-refractivity contribution in [1.29, 1.82) is 0 Å². The molecule has 0 aromatic heterocycles. The topological polar surface area (TPSA) is 12.0 Å². The molecule has 1 aromatic carbocycles. The summed E-state index contributed by atoms with van der Waals surface area (Å²) >= 11 is 2.17. The zero-order chi connectivity index (χ0) is 15.1. The molecule has 1 saturated heterocycles. The second kappa shape index (κ2) is 8.85. The second-order valence-electron chi connectivity index (χ2n) is 6.68. The van der Waals surface area contributed by atoms with E-state index in [0.717, 1.165) is 17.7 Å². The summed E-state index contributed by atoms with van der Waals surface area (Å²) in [6.45, 7) is 7.98. The van der Waals surface area contributed by atoms with E-state index in [4.69, 9.17) is 0 Å². The number of hydrogen-bond donors (Lipinski definition) is 1. The molecule has 1 aliphatic rings. The molecule has 1 heterocycles. The molecule has 1 aromatic rings. The first-order chi connectivity index (χ1) is 10.2. The Kier molecular flexibility index (Phi) is 7.12. The summed E-state index contributed by atoms with van der Waals surface area (Å²) in [7, 11) is 0. The Morgan fingerprint density at radius 1 is 1.29 bits per heavy atom. The van der Waals surface area contributed by atoms with Crippen molar-refractivity contribution in [3.05, 3.63) is 35.4 Å². The second-order valence-corrected chi connectivity index (χ2v) is 8.03. The van der Waals surface area contributed by atoms with Gasteiger partial charge in [-0.1, -0.05) is 51.5 Å². The maximum Gasteiger partial charge on any atom is 0.0440 e. The van der Waals surface area contributed by atoms with Gasteiger partial charge in [0.25, 0.3) is 0 Å². The van der Waals surface area contributed by atoms with Crippen molar-refractivity contribution in [3.63, 3.8) is 0 Å². The summed E-state index contributed by atoms with van der Waals surface area (Å²) in [5.41, 5.74) is 2.99. The van der Waals surface area contributed by atoms with Gasteiger partial charge in [-0.05, 0) is 55.0 Å². The SMILES string of the molecule is CCCNC(c1cccc(CC(C)C)c1)C1CCCCS1. The van der Waals surface area contributed by atoms with E-state index in [2.05, 4.69) is 62.1 Å². The molecule has 1 fully saturated rings. The van der Waals surface area contributed by atoms with Crippen molar-refractivity contribution in [2.75, 3.05) is 12.3 Å². The minimum Gasteiger partial charge on any atom is -0.309 e. The highest BCUT2D eigenvalue weighted by Crippen LogP contribution is 2.35. The van der Waals surface area contributed by atoms with E-state index < -0.39 is 0 Å². The van der Waals surface area contributed by atoms with Gasteiger partial charge in [-0.15, -0.1) is 0 Å². The fraction of sp³-hybridized carbons (Fsp3) is 0.684. The molecule has 0 saturated carbocycles. The average molecular weight is 306 g/mol. The van der Waals surface area contributed by atoms with Gasteiger partial charge in [0.05, 0.1) is 0 Å². The third-order valence-electron chi connectivity index (χ3n) is 4.16. The van der Waals surface area contributed by atoms with Gasteiger partial charge in [0.15, 0.2) is 0 Å². The molecule has 1 N–H and O–H groups in total. The van der Waals surface area contributed by atoms with Crippen LogP contribution >= 0.6 is 11.8 Å². The van der Waals surface area contributed by atoms with Crippen LogP contribution in [0.2, 0.25) is 0 Å². The summed E-state index contributed by atoms with van der Waals surface area (Å²) in [4.78, 5) is 0. The first-order valence-corrected chi connectivity index (χ1v) is 9.69. The fourth-order valence-corrected chi connectivity index (χ4v) is 4.63. The molecule has 2 atom stereocenters. The van der Waals surface area contributed by atoms with E-state index in [-0.39, 0.29) is 0 Å². The van der Waals surface area contributed by atoms with Gasteiger partial charge >= 0.3 is 0 Å². The minimum absolute atomic E-state index is 0.530. The number of hydrogen-bond acceptors (Lipinski definition) is 2. The molecule has 118 valence electrons. The lowest BCUT2D eigenvalue weighted by molar-refractivity contribution is 0.479. The number of rotatable bonds is 7. The Hall–Kier alpha value is -0.470. The Bertz CT molecular complexity index is 410. The van der Waals surface area contributed by atoms with Crippen molar-refractivity contribution in [2.45, 2.75) is 64.2 Å². The van der Waals surface area contributed by atoms with Crippen molar-refractivity contribution in [1.82, 2.24) is 5.32 Å². The van der Waals surface area contributed by atoms with Crippen LogP contribution in [0.25, 0.3) is 0 Å². The predicted molar refractivity (Wildman–Crippen MR) is 96.1 cm³/mol. The highest BCUT2D eigenvalue weighted by Gasteiger charge is 2.25. The molecule has 0 amide bonds. The van der Waals surface area contributed by atoms with Crippen LogP contribution in [0.1, 0.15) is 63.6 Å². The van der Waals surface area contributed by atoms with E-state index in [9.17, 15) is 0 Å². The molecule has 1 aliphatic heterocycles. The molecule has 2 unspecified atom stereocenters. The summed E-state index contributed by atoms with van der Waals surface area (Å²) in [6.07, 6.45) is 6.55. The van der Waals surface area contributed by atoms with Crippen LogP contribution in [-0.2, 0) is 6.42 Å². The molecule has 0 bridgehead atoms. The molecular formula is C19H31NS. The Labute approximate surface area is 135 Å². The van der Waals surface area contributed by atoms with E-state index in [1.54, 1.807) is 0 Å². The summed E-state index contributed by atoms with van der Waals surface area (Å²) in [5, 5.41) is 4.56. The lowest BCUT2D eigenvalue weighted by Gasteiger charge is -2.31. The van der Waals surface area contributed by atoms with Crippen LogP contribution in [0.15, 0.2) is 24.3 Å². The summed E-state index contributed by atoms with van der Waals surface area (Å²) in [6, 6.07) is 9.84. The Balaban J connectivity index is 2.14. The molecule has 21 heavy (non-hydrogen) atoms. The van der Waals surface area contributed by atoms with Gasteiger partial charge in [-0.3, -0.25) is 0 Å². The van der Waals surface area contributed by atoms with Crippen molar-refractivity contribution < 1.29 is 0 Å². The van der Waals surface area contributed by atoms with Gasteiger partial charge in [0, 0.05) is 11.3 Å². The van der Waals surface area contributed by atoms with Crippen LogP contribution in [-0.4, -0.2) is 17.5 Å². The maximum absolute atomic E-state index is 3.82. The summed E-state index contributed by atoms with van der Waals surface area (Å²) < 4.78 is 0. The fourth-order valence-electron chi connectivity index (χ4n) is 3.18. The predicted octanol–water partition coefficient (Wildman–Crippen LogP) is 5.21. The van der Waals surface area contributed by atoms with Crippen LogP contribution in [0.5, 0.6) is 0 Å². The molecular weight excluding hydrogens is 274 g/mol. The van der Waals surface area contributed by atoms with E-state index in [0.29, 0.717) is 6.04 Å². The van der Waals surface area contributed by atoms with Crippen LogP contribution in [0, 0.1) is 5.92 Å². The molecule has 2 rings (SSSR count). The number of nitrogens with one attached hydrogen (secondary N) is 1. The normalized spacial score (nSPS) is 20.7. The van der Waals surface area contributed by atoms with E-state index >= 15 is 0 Å². The number of thioether (sulfide) groups is 1. The van der Waals surface area contributed by atoms with E-state index in [1.165, 1.54) is 49.0 Å². The average Bonchev–Trinajstić information content (AvgIpc) is 2.48. The Morgan fingerprint density at radius 2 is 2.14 bits per heavy atom. The first-order valence-electron chi connectivity index (χ1n) is 8.64. The van der Waals surface area contributed by atoms with Crippen LogP contribution in [0.4, 0.5) is 0 Å². The first kappa shape index (κ1) is 16.9. The molecule has 2 heteroatoms. The highest BCUT2D eigenvalue weighted by atomic mass is 32.2. The van der Waals surface area contributed by atoms with Gasteiger partial charge < -0.3 is 5.32 Å². The van der Waals surface area contributed by atoms with Crippen molar-refractivity contribution >= 4 is 11.8 Å². The van der Waals surface area contributed by atoms with Gasteiger partial charge in [-0.2, -0.15) is 11.8 Å². The van der Waals surface area contributed by atoms with Crippen molar-refractivity contribution in [3.8, 4) is 0 Å². The quantitative estimate of drug-likeness (QED) is 0.742. The lowest BCUT2D eigenvalue weighted by Crippen LogP contribution is -2.32. The van der Waals surface area contributed by atoms with Gasteiger partial charge in [0.2, 0.25) is 0 Å².